The molecular formula is C12H17NO3S. The van der Waals surface area contributed by atoms with Gasteiger partial charge >= 0.3 is 5.97 Å². The molecule has 0 radical (unpaired) electrons. The van der Waals surface area contributed by atoms with Gasteiger partial charge in [0.2, 0.25) is 0 Å². The fraction of sp³-hybridized carbons (Fsp3) is 0.583. The maximum absolute atomic E-state index is 11.1. The quantitative estimate of drug-likeness (QED) is 0.892. The van der Waals surface area contributed by atoms with Crippen molar-refractivity contribution in [2.75, 3.05) is 20.3 Å². The molecule has 5 heteroatoms. The summed E-state index contributed by atoms with van der Waals surface area (Å²) in [5.41, 5.74) is 0. The zero-order valence-corrected chi connectivity index (χ0v) is 10.8. The molecule has 3 unspecified atom stereocenters. The maximum Gasteiger partial charge on any atom is 0.310 e. The first-order chi connectivity index (χ1) is 8.11. The number of aliphatic carboxylic acids is 1. The van der Waals surface area contributed by atoms with E-state index in [-0.39, 0.29) is 12.1 Å². The zero-order chi connectivity index (χ0) is 12.4. The molecule has 1 saturated heterocycles. The van der Waals surface area contributed by atoms with Crippen LogP contribution >= 0.6 is 11.3 Å². The number of carbonyl (C=O) groups is 1. The van der Waals surface area contributed by atoms with Gasteiger partial charge in [-0.3, -0.25) is 9.69 Å². The molecule has 17 heavy (non-hydrogen) atoms. The van der Waals surface area contributed by atoms with Gasteiger partial charge in [-0.2, -0.15) is 0 Å². The number of rotatable bonds is 4. The van der Waals surface area contributed by atoms with E-state index in [1.807, 2.05) is 18.5 Å². The number of hydrogen-bond donors (Lipinski definition) is 1. The number of thiophene rings is 1. The fourth-order valence-electron chi connectivity index (χ4n) is 2.20. The number of hydrogen-bond acceptors (Lipinski definition) is 4. The van der Waals surface area contributed by atoms with Gasteiger partial charge in [0.05, 0.1) is 19.1 Å². The average molecular weight is 255 g/mol. The monoisotopic (exact) mass is 255 g/mol. The molecule has 1 aliphatic rings. The number of carboxylic acids is 1. The van der Waals surface area contributed by atoms with E-state index in [0.717, 1.165) is 0 Å². The summed E-state index contributed by atoms with van der Waals surface area (Å²) in [6, 6.07) is 4.29. The van der Waals surface area contributed by atoms with Crippen molar-refractivity contribution in [1.29, 1.82) is 0 Å². The smallest absolute Gasteiger partial charge is 0.310 e. The molecule has 1 fully saturated rings. The molecule has 0 bridgehead atoms. The summed E-state index contributed by atoms with van der Waals surface area (Å²) in [5.74, 6) is -1.18. The van der Waals surface area contributed by atoms with Crippen LogP contribution in [0.15, 0.2) is 17.5 Å². The lowest BCUT2D eigenvalue weighted by Crippen LogP contribution is -2.41. The molecule has 0 amide bonds. The Morgan fingerprint density at radius 2 is 2.41 bits per heavy atom. The van der Waals surface area contributed by atoms with Crippen LogP contribution in [0.5, 0.6) is 0 Å². The van der Waals surface area contributed by atoms with Crippen molar-refractivity contribution >= 4 is 17.3 Å². The van der Waals surface area contributed by atoms with Crippen molar-refractivity contribution < 1.29 is 14.6 Å². The summed E-state index contributed by atoms with van der Waals surface area (Å²) in [7, 11) is 1.97. The number of carboxylic acid groups (broad SMARTS) is 1. The summed E-state index contributed by atoms with van der Waals surface area (Å²) in [6.45, 7) is 2.92. The molecule has 1 aliphatic heterocycles. The van der Waals surface area contributed by atoms with Crippen LogP contribution in [-0.2, 0) is 9.53 Å². The first-order valence-corrected chi connectivity index (χ1v) is 6.55. The molecule has 1 aromatic heterocycles. The highest BCUT2D eigenvalue weighted by molar-refractivity contribution is 7.10. The van der Waals surface area contributed by atoms with E-state index in [9.17, 15) is 4.79 Å². The van der Waals surface area contributed by atoms with Crippen molar-refractivity contribution in [2.24, 2.45) is 5.92 Å². The second-order valence-electron chi connectivity index (χ2n) is 4.41. The SMILES string of the molecule is CC(c1cccs1)N(C)C1COCC1C(=O)O. The summed E-state index contributed by atoms with van der Waals surface area (Å²) < 4.78 is 5.30. The molecule has 2 heterocycles. The van der Waals surface area contributed by atoms with Gasteiger partial charge in [-0.25, -0.2) is 0 Å². The fourth-order valence-corrected chi connectivity index (χ4v) is 3.03. The molecule has 94 valence electrons. The topological polar surface area (TPSA) is 49.8 Å². The molecule has 0 aromatic carbocycles. The van der Waals surface area contributed by atoms with E-state index < -0.39 is 11.9 Å². The van der Waals surface area contributed by atoms with E-state index in [0.29, 0.717) is 13.2 Å². The molecule has 0 aliphatic carbocycles. The van der Waals surface area contributed by atoms with Crippen LogP contribution < -0.4 is 0 Å². The second kappa shape index (κ2) is 5.16. The maximum atomic E-state index is 11.1. The molecule has 0 saturated carbocycles. The minimum Gasteiger partial charge on any atom is -0.481 e. The lowest BCUT2D eigenvalue weighted by atomic mass is 10.0. The van der Waals surface area contributed by atoms with Gasteiger partial charge in [0.25, 0.3) is 0 Å². The van der Waals surface area contributed by atoms with Crippen molar-refractivity contribution in [2.45, 2.75) is 19.0 Å². The van der Waals surface area contributed by atoms with Gasteiger partial charge in [-0.1, -0.05) is 6.07 Å². The number of likely N-dealkylation sites (N-methyl/N-ethyl adjacent to an activating group) is 1. The van der Waals surface area contributed by atoms with E-state index in [2.05, 4.69) is 17.9 Å². The lowest BCUT2D eigenvalue weighted by molar-refractivity contribution is -0.143. The van der Waals surface area contributed by atoms with E-state index in [1.54, 1.807) is 11.3 Å². The third-order valence-electron chi connectivity index (χ3n) is 3.46. The van der Waals surface area contributed by atoms with Crippen LogP contribution in [0.4, 0.5) is 0 Å². The summed E-state index contributed by atoms with van der Waals surface area (Å²) >= 11 is 1.70. The first-order valence-electron chi connectivity index (χ1n) is 5.67. The molecule has 4 nitrogen and oxygen atoms in total. The highest BCUT2D eigenvalue weighted by atomic mass is 32.1. The Hall–Kier alpha value is -0.910. The minimum absolute atomic E-state index is 0.0374. The van der Waals surface area contributed by atoms with Crippen molar-refractivity contribution in [3.8, 4) is 0 Å². The summed E-state index contributed by atoms with van der Waals surface area (Å²) in [4.78, 5) is 14.5. The van der Waals surface area contributed by atoms with E-state index in [1.165, 1.54) is 4.88 Å². The normalized spacial score (nSPS) is 26.3. The van der Waals surface area contributed by atoms with Crippen LogP contribution in [0, 0.1) is 5.92 Å². The summed E-state index contributed by atoms with van der Waals surface area (Å²) in [5, 5.41) is 11.2. The van der Waals surface area contributed by atoms with Gasteiger partial charge in [0.15, 0.2) is 0 Å². The van der Waals surface area contributed by atoms with E-state index in [4.69, 9.17) is 9.84 Å². The summed E-state index contributed by atoms with van der Waals surface area (Å²) in [6.07, 6.45) is 0. The second-order valence-corrected chi connectivity index (χ2v) is 5.39. The number of nitrogens with zero attached hydrogens (tertiary/aromatic N) is 1. The number of ether oxygens (including phenoxy) is 1. The Morgan fingerprint density at radius 1 is 1.65 bits per heavy atom. The van der Waals surface area contributed by atoms with Gasteiger partial charge in [-0.15, -0.1) is 11.3 Å². The average Bonchev–Trinajstić information content (AvgIpc) is 2.97. The van der Waals surface area contributed by atoms with Crippen LogP contribution in [0.1, 0.15) is 17.8 Å². The molecule has 1 aromatic rings. The third-order valence-corrected chi connectivity index (χ3v) is 4.50. The third kappa shape index (κ3) is 2.51. The molecule has 1 N–H and O–H groups in total. The van der Waals surface area contributed by atoms with Crippen LogP contribution in [0.3, 0.4) is 0 Å². The van der Waals surface area contributed by atoms with Crippen molar-refractivity contribution in [3.05, 3.63) is 22.4 Å². The Balaban J connectivity index is 2.09. The van der Waals surface area contributed by atoms with Crippen molar-refractivity contribution in [1.82, 2.24) is 4.90 Å². The van der Waals surface area contributed by atoms with Crippen LogP contribution in [0.2, 0.25) is 0 Å². The minimum atomic E-state index is -0.766. The Kier molecular flexibility index (Phi) is 3.81. The van der Waals surface area contributed by atoms with E-state index >= 15 is 0 Å². The first kappa shape index (κ1) is 12.5. The van der Waals surface area contributed by atoms with Gasteiger partial charge in [0, 0.05) is 17.0 Å². The van der Waals surface area contributed by atoms with Gasteiger partial charge in [-0.05, 0) is 25.4 Å². The Bertz CT molecular complexity index is 379. The van der Waals surface area contributed by atoms with Crippen LogP contribution in [0.25, 0.3) is 0 Å². The molecule has 0 spiro atoms. The Morgan fingerprint density at radius 3 is 3.00 bits per heavy atom. The molecule has 3 atom stereocenters. The Labute approximate surface area is 105 Å². The van der Waals surface area contributed by atoms with Gasteiger partial charge < -0.3 is 9.84 Å². The van der Waals surface area contributed by atoms with Gasteiger partial charge in [0.1, 0.15) is 0 Å². The predicted molar refractivity (Wildman–Crippen MR) is 66.2 cm³/mol. The zero-order valence-electron chi connectivity index (χ0n) is 10.00. The molecule has 2 rings (SSSR count). The predicted octanol–water partition coefficient (Wildman–Crippen LogP) is 1.84. The van der Waals surface area contributed by atoms with Crippen molar-refractivity contribution in [3.63, 3.8) is 0 Å². The standard InChI is InChI=1S/C12H17NO3S/c1-8(11-4-3-5-17-11)13(2)10-7-16-6-9(10)12(14)15/h3-5,8-10H,6-7H2,1-2H3,(H,14,15). The molecular weight excluding hydrogens is 238 g/mol. The lowest BCUT2D eigenvalue weighted by Gasteiger charge is -2.31. The highest BCUT2D eigenvalue weighted by Gasteiger charge is 2.38. The van der Waals surface area contributed by atoms with Crippen LogP contribution in [-0.4, -0.2) is 42.3 Å². The highest BCUT2D eigenvalue weighted by Crippen LogP contribution is 2.29. The largest absolute Gasteiger partial charge is 0.481 e.